The van der Waals surface area contributed by atoms with Crippen LogP contribution in [0.5, 0.6) is 0 Å². The monoisotopic (exact) mass is 987 g/mol. The lowest BCUT2D eigenvalue weighted by Gasteiger charge is -2.42. The maximum absolute atomic E-state index is 13.0. The van der Waals surface area contributed by atoms with Crippen LogP contribution in [0, 0.1) is 0 Å². The summed E-state index contributed by atoms with van der Waals surface area (Å²) in [6.45, 7) is 3.64. The molecule has 11 unspecified atom stereocenters. The summed E-state index contributed by atoms with van der Waals surface area (Å²) < 4.78 is 34.3. The summed E-state index contributed by atoms with van der Waals surface area (Å²) in [4.78, 5) is 13.0. The van der Waals surface area contributed by atoms with Gasteiger partial charge in [0.05, 0.1) is 26.4 Å². The third-order valence-corrected chi connectivity index (χ3v) is 13.4. The molecular weight excluding hydrogens is 885 g/mol. The molecule has 7 N–H and O–H groups in total. The normalized spacial score (nSPS) is 25.8. The third kappa shape index (κ3) is 30.3. The van der Waals surface area contributed by atoms with Crippen molar-refractivity contribution < 1.29 is 69.0 Å². The number of carbonyl (C=O) groups excluding carboxylic acids is 1. The van der Waals surface area contributed by atoms with Gasteiger partial charge in [0.1, 0.15) is 54.9 Å². The van der Waals surface area contributed by atoms with Gasteiger partial charge in [0, 0.05) is 13.0 Å². The van der Waals surface area contributed by atoms with E-state index in [1.54, 1.807) is 0 Å². The Hall–Kier alpha value is -1.53. The molecule has 14 nitrogen and oxygen atoms in total. The standard InChI is InChI=1S/C55H102O14/c1-3-5-7-9-11-13-15-17-19-20-21-22-23-24-25-26-28-30-32-34-36-38-47(57)67-44(41-64-39-37-35-33-31-29-27-18-16-14-12-10-8-6-4-2)42-65-54-53(63)51(61)49(59)46(69-54)43-66-55-52(62)50(60)48(58)45(40-56)68-55/h8,10,14,16,44-46,48-56,58-63H,3-7,9,11-13,15,17-43H2,1-2H3/b10-8-,16-14-. The first-order valence-electron chi connectivity index (χ1n) is 27.9. The van der Waals surface area contributed by atoms with E-state index >= 15 is 0 Å². The highest BCUT2D eigenvalue weighted by Crippen LogP contribution is 2.27. The number of ether oxygens (including phenoxy) is 6. The fourth-order valence-electron chi connectivity index (χ4n) is 8.91. The van der Waals surface area contributed by atoms with Gasteiger partial charge in [0.2, 0.25) is 0 Å². The lowest BCUT2D eigenvalue weighted by atomic mass is 9.98. The quantitative estimate of drug-likeness (QED) is 0.0172. The second-order valence-corrected chi connectivity index (χ2v) is 19.8. The molecule has 2 aliphatic heterocycles. The van der Waals surface area contributed by atoms with E-state index in [-0.39, 0.29) is 25.6 Å². The summed E-state index contributed by atoms with van der Waals surface area (Å²) in [5.74, 6) is -0.376. The van der Waals surface area contributed by atoms with Crippen molar-refractivity contribution in [2.75, 3.05) is 33.0 Å². The van der Waals surface area contributed by atoms with Gasteiger partial charge in [-0.1, -0.05) is 199 Å². The van der Waals surface area contributed by atoms with E-state index in [0.717, 1.165) is 64.2 Å². The molecule has 0 radical (unpaired) electrons. The Morgan fingerprint density at radius 1 is 0.478 bits per heavy atom. The Morgan fingerprint density at radius 3 is 1.45 bits per heavy atom. The fourth-order valence-corrected chi connectivity index (χ4v) is 8.91. The third-order valence-electron chi connectivity index (χ3n) is 13.4. The van der Waals surface area contributed by atoms with Crippen molar-refractivity contribution in [3.8, 4) is 0 Å². The zero-order valence-corrected chi connectivity index (χ0v) is 43.3. The van der Waals surface area contributed by atoms with Gasteiger partial charge in [0.15, 0.2) is 12.6 Å². The number of aliphatic hydroxyl groups is 7. The van der Waals surface area contributed by atoms with Gasteiger partial charge in [-0.25, -0.2) is 0 Å². The molecule has 2 aliphatic rings. The topological polar surface area (TPSA) is 214 Å². The first kappa shape index (κ1) is 63.6. The SMILES string of the molecule is CCC/C=C\C/C=C\CCCCCCCCOCC(COC1OC(COC2OC(CO)C(O)C(O)C2O)C(O)C(O)C1O)OC(=O)CCCCCCCCCCCCCCCCCCCCCCC. The number of hydrogen-bond donors (Lipinski definition) is 7. The smallest absolute Gasteiger partial charge is 0.306 e. The van der Waals surface area contributed by atoms with Gasteiger partial charge in [0.25, 0.3) is 0 Å². The molecule has 2 saturated heterocycles. The van der Waals surface area contributed by atoms with E-state index < -0.39 is 80.7 Å². The number of hydrogen-bond acceptors (Lipinski definition) is 14. The van der Waals surface area contributed by atoms with E-state index in [1.165, 1.54) is 128 Å². The van der Waals surface area contributed by atoms with Gasteiger partial charge in [-0.15, -0.1) is 0 Å². The van der Waals surface area contributed by atoms with Crippen LogP contribution in [0.2, 0.25) is 0 Å². The first-order chi connectivity index (χ1) is 33.6. The second kappa shape index (κ2) is 42.9. The van der Waals surface area contributed by atoms with E-state index in [1.807, 2.05) is 0 Å². The molecule has 2 fully saturated rings. The summed E-state index contributed by atoms with van der Waals surface area (Å²) >= 11 is 0. The lowest BCUT2D eigenvalue weighted by molar-refractivity contribution is -0.332. The largest absolute Gasteiger partial charge is 0.457 e. The zero-order chi connectivity index (χ0) is 50.2. The minimum Gasteiger partial charge on any atom is -0.457 e. The predicted octanol–water partition coefficient (Wildman–Crippen LogP) is 9.19. The van der Waals surface area contributed by atoms with Crippen LogP contribution >= 0.6 is 0 Å². The molecule has 0 aliphatic carbocycles. The van der Waals surface area contributed by atoms with E-state index in [2.05, 4.69) is 38.2 Å². The Morgan fingerprint density at radius 2 is 0.928 bits per heavy atom. The fraction of sp³-hybridized carbons (Fsp3) is 0.909. The summed E-state index contributed by atoms with van der Waals surface area (Å²) in [6.07, 6.45) is 31.0. The Bertz CT molecular complexity index is 1240. The molecule has 0 spiro atoms. The van der Waals surface area contributed by atoms with Crippen molar-refractivity contribution >= 4 is 5.97 Å². The minimum absolute atomic E-state index is 0.0582. The maximum Gasteiger partial charge on any atom is 0.306 e. The van der Waals surface area contributed by atoms with Crippen molar-refractivity contribution in [3.05, 3.63) is 24.3 Å². The zero-order valence-electron chi connectivity index (χ0n) is 43.3. The molecule has 0 aromatic heterocycles. The molecule has 0 aromatic carbocycles. The first-order valence-corrected chi connectivity index (χ1v) is 27.9. The van der Waals surface area contributed by atoms with E-state index in [4.69, 9.17) is 28.4 Å². The van der Waals surface area contributed by atoms with Crippen LogP contribution in [0.15, 0.2) is 24.3 Å². The average Bonchev–Trinajstić information content (AvgIpc) is 3.35. The van der Waals surface area contributed by atoms with Gasteiger partial charge >= 0.3 is 5.97 Å². The van der Waals surface area contributed by atoms with Crippen LogP contribution in [-0.2, 0) is 33.2 Å². The van der Waals surface area contributed by atoms with Crippen LogP contribution in [0.3, 0.4) is 0 Å². The second-order valence-electron chi connectivity index (χ2n) is 19.8. The van der Waals surface area contributed by atoms with Gasteiger partial charge in [-0.2, -0.15) is 0 Å². The molecule has 406 valence electrons. The summed E-state index contributed by atoms with van der Waals surface area (Å²) in [5.41, 5.74) is 0. The molecule has 0 aromatic rings. The average molecular weight is 987 g/mol. The Labute approximate surface area is 417 Å². The molecule has 0 amide bonds. The highest BCUT2D eigenvalue weighted by Gasteiger charge is 2.47. The molecule has 2 heterocycles. The summed E-state index contributed by atoms with van der Waals surface area (Å²) in [7, 11) is 0. The van der Waals surface area contributed by atoms with Gasteiger partial charge in [-0.05, 0) is 38.5 Å². The molecule has 0 bridgehead atoms. The summed E-state index contributed by atoms with van der Waals surface area (Å²) in [5, 5.41) is 72.2. The molecular formula is C55H102O14. The number of carbonyl (C=O) groups is 1. The molecule has 2 rings (SSSR count). The number of aliphatic hydroxyl groups excluding tert-OH is 7. The summed E-state index contributed by atoms with van der Waals surface area (Å²) in [6, 6.07) is 0. The van der Waals surface area contributed by atoms with Crippen LogP contribution in [0.1, 0.15) is 219 Å². The van der Waals surface area contributed by atoms with E-state index in [9.17, 15) is 40.5 Å². The van der Waals surface area contributed by atoms with Crippen LogP contribution in [-0.4, -0.2) is 142 Å². The van der Waals surface area contributed by atoms with Crippen LogP contribution in [0.25, 0.3) is 0 Å². The van der Waals surface area contributed by atoms with Gasteiger partial charge in [-0.3, -0.25) is 4.79 Å². The number of unbranched alkanes of at least 4 members (excludes halogenated alkanes) is 27. The predicted molar refractivity (Wildman–Crippen MR) is 270 cm³/mol. The van der Waals surface area contributed by atoms with Crippen molar-refractivity contribution in [2.24, 2.45) is 0 Å². The molecule has 14 heteroatoms. The highest BCUT2D eigenvalue weighted by atomic mass is 16.7. The van der Waals surface area contributed by atoms with Crippen molar-refractivity contribution in [1.29, 1.82) is 0 Å². The number of allylic oxidation sites excluding steroid dienone is 4. The molecule has 11 atom stereocenters. The highest BCUT2D eigenvalue weighted by molar-refractivity contribution is 5.69. The molecule has 69 heavy (non-hydrogen) atoms. The number of esters is 1. The van der Waals surface area contributed by atoms with Gasteiger partial charge < -0.3 is 64.2 Å². The number of rotatable bonds is 45. The van der Waals surface area contributed by atoms with Crippen molar-refractivity contribution in [1.82, 2.24) is 0 Å². The van der Waals surface area contributed by atoms with Crippen molar-refractivity contribution in [2.45, 2.75) is 287 Å². The van der Waals surface area contributed by atoms with Crippen LogP contribution in [0.4, 0.5) is 0 Å². The Balaban J connectivity index is 1.71. The maximum atomic E-state index is 13.0. The molecule has 0 saturated carbocycles. The Kier molecular flexibility index (Phi) is 39.6. The van der Waals surface area contributed by atoms with Crippen LogP contribution < -0.4 is 0 Å². The van der Waals surface area contributed by atoms with E-state index in [0.29, 0.717) is 13.0 Å². The minimum atomic E-state index is -1.71. The van der Waals surface area contributed by atoms with Crippen molar-refractivity contribution in [3.63, 3.8) is 0 Å². The lowest BCUT2D eigenvalue weighted by Crippen LogP contribution is -2.61.